The van der Waals surface area contributed by atoms with Crippen molar-refractivity contribution in [2.45, 2.75) is 18.6 Å². The van der Waals surface area contributed by atoms with E-state index < -0.39 is 11.7 Å². The molecule has 0 saturated carbocycles. The largest absolute Gasteiger partial charge is 0.370 e. The molecule has 4 nitrogen and oxygen atoms in total. The van der Waals surface area contributed by atoms with Crippen LogP contribution in [0, 0.1) is 5.82 Å². The third-order valence-electron chi connectivity index (χ3n) is 2.72. The van der Waals surface area contributed by atoms with Crippen molar-refractivity contribution in [2.24, 2.45) is 5.73 Å². The number of hydrogen-bond donors (Lipinski definition) is 1. The van der Waals surface area contributed by atoms with Gasteiger partial charge < -0.3 is 15.2 Å². The van der Waals surface area contributed by atoms with Gasteiger partial charge in [-0.1, -0.05) is 6.07 Å². The molecule has 1 aromatic carbocycles. The number of halogens is 2. The lowest BCUT2D eigenvalue weighted by Gasteiger charge is -2.31. The summed E-state index contributed by atoms with van der Waals surface area (Å²) in [7, 11) is 2.92. The second-order valence-electron chi connectivity index (χ2n) is 3.76. The van der Waals surface area contributed by atoms with Crippen LogP contribution in [0.1, 0.15) is 18.4 Å². The van der Waals surface area contributed by atoms with Crippen LogP contribution in [0.2, 0.25) is 0 Å². The van der Waals surface area contributed by atoms with Crippen LogP contribution in [-0.4, -0.2) is 20.1 Å². The van der Waals surface area contributed by atoms with E-state index in [4.69, 9.17) is 15.2 Å². The summed E-state index contributed by atoms with van der Waals surface area (Å²) in [5, 5.41) is 0. The van der Waals surface area contributed by atoms with E-state index in [0.717, 1.165) is 0 Å². The predicted octanol–water partition coefficient (Wildman–Crippen LogP) is 2.30. The van der Waals surface area contributed by atoms with E-state index in [-0.39, 0.29) is 18.7 Å². The molecule has 0 heterocycles. The fourth-order valence-electron chi connectivity index (χ4n) is 1.69. The fourth-order valence-corrected chi connectivity index (χ4v) is 2.07. The van der Waals surface area contributed by atoms with Gasteiger partial charge in [-0.15, -0.1) is 0 Å². The number of carbonyl (C=O) groups is 1. The van der Waals surface area contributed by atoms with Gasteiger partial charge in [-0.3, -0.25) is 4.79 Å². The highest BCUT2D eigenvalue weighted by Crippen LogP contribution is 2.33. The third kappa shape index (κ3) is 3.28. The molecule has 0 unspecified atom stereocenters. The van der Waals surface area contributed by atoms with E-state index in [9.17, 15) is 9.18 Å². The standard InChI is InChI=1S/C12H15BrFNO3/c1-17-12(18-2,6-5-11(15)16)8-3-4-10(14)9(13)7-8/h3-4,7H,5-6H2,1-2H3,(H2,15,16). The van der Waals surface area contributed by atoms with Crippen LogP contribution in [0.4, 0.5) is 4.39 Å². The molecule has 0 aliphatic carbocycles. The van der Waals surface area contributed by atoms with Crippen molar-refractivity contribution in [1.29, 1.82) is 0 Å². The Labute approximate surface area is 113 Å². The van der Waals surface area contributed by atoms with Gasteiger partial charge in [0.1, 0.15) is 5.82 Å². The molecule has 0 saturated heterocycles. The van der Waals surface area contributed by atoms with Crippen molar-refractivity contribution in [1.82, 2.24) is 0 Å². The Balaban J connectivity index is 3.09. The van der Waals surface area contributed by atoms with Crippen molar-refractivity contribution in [2.75, 3.05) is 14.2 Å². The van der Waals surface area contributed by atoms with Crippen LogP contribution in [0.3, 0.4) is 0 Å². The highest BCUT2D eigenvalue weighted by atomic mass is 79.9. The molecule has 0 bridgehead atoms. The van der Waals surface area contributed by atoms with Gasteiger partial charge in [0.2, 0.25) is 5.91 Å². The molecule has 1 aromatic rings. The highest BCUT2D eigenvalue weighted by Gasteiger charge is 2.32. The molecule has 6 heteroatoms. The van der Waals surface area contributed by atoms with Gasteiger partial charge in [0.25, 0.3) is 0 Å². The average molecular weight is 320 g/mol. The zero-order valence-electron chi connectivity index (χ0n) is 10.2. The smallest absolute Gasteiger partial charge is 0.217 e. The lowest BCUT2D eigenvalue weighted by atomic mass is 10.00. The Morgan fingerprint density at radius 2 is 2.06 bits per heavy atom. The Morgan fingerprint density at radius 1 is 1.44 bits per heavy atom. The summed E-state index contributed by atoms with van der Waals surface area (Å²) in [4.78, 5) is 10.9. The first kappa shape index (κ1) is 15.1. The van der Waals surface area contributed by atoms with Crippen molar-refractivity contribution < 1.29 is 18.7 Å². The second-order valence-corrected chi connectivity index (χ2v) is 4.61. The second kappa shape index (κ2) is 6.26. The van der Waals surface area contributed by atoms with Gasteiger partial charge in [-0.25, -0.2) is 4.39 Å². The predicted molar refractivity (Wildman–Crippen MR) is 68.2 cm³/mol. The topological polar surface area (TPSA) is 61.5 Å². The number of ether oxygens (including phenoxy) is 2. The molecule has 1 amide bonds. The zero-order valence-corrected chi connectivity index (χ0v) is 11.8. The van der Waals surface area contributed by atoms with E-state index in [1.807, 2.05) is 0 Å². The van der Waals surface area contributed by atoms with Crippen molar-refractivity contribution in [3.8, 4) is 0 Å². The molecule has 0 atom stereocenters. The number of benzene rings is 1. The van der Waals surface area contributed by atoms with Crippen LogP contribution in [-0.2, 0) is 20.1 Å². The number of primary amides is 1. The Hall–Kier alpha value is -0.980. The number of rotatable bonds is 6. The van der Waals surface area contributed by atoms with Gasteiger partial charge in [-0.05, 0) is 28.1 Å². The number of amides is 1. The van der Waals surface area contributed by atoms with Crippen LogP contribution < -0.4 is 5.73 Å². The maximum Gasteiger partial charge on any atom is 0.217 e. The molecule has 0 radical (unpaired) electrons. The first-order valence-corrected chi connectivity index (χ1v) is 6.08. The minimum atomic E-state index is -1.11. The summed E-state index contributed by atoms with van der Waals surface area (Å²) in [6, 6.07) is 4.41. The van der Waals surface area contributed by atoms with E-state index in [0.29, 0.717) is 10.0 Å². The van der Waals surface area contributed by atoms with Crippen LogP contribution in [0.15, 0.2) is 22.7 Å². The third-order valence-corrected chi connectivity index (χ3v) is 3.33. The number of nitrogens with two attached hydrogens (primary N) is 1. The molecule has 1 rings (SSSR count). The summed E-state index contributed by atoms with van der Waals surface area (Å²) in [5.41, 5.74) is 5.73. The SMILES string of the molecule is COC(CCC(N)=O)(OC)c1ccc(F)c(Br)c1. The lowest BCUT2D eigenvalue weighted by Crippen LogP contribution is -2.32. The summed E-state index contributed by atoms with van der Waals surface area (Å²) < 4.78 is 24.2. The van der Waals surface area contributed by atoms with E-state index >= 15 is 0 Å². The van der Waals surface area contributed by atoms with Crippen LogP contribution >= 0.6 is 15.9 Å². The highest BCUT2D eigenvalue weighted by molar-refractivity contribution is 9.10. The number of carbonyl (C=O) groups excluding carboxylic acids is 1. The first-order chi connectivity index (χ1) is 8.45. The molecule has 0 aliphatic heterocycles. The maximum absolute atomic E-state index is 13.2. The van der Waals surface area contributed by atoms with Crippen molar-refractivity contribution in [3.63, 3.8) is 0 Å². The van der Waals surface area contributed by atoms with Crippen LogP contribution in [0.5, 0.6) is 0 Å². The van der Waals surface area contributed by atoms with Gasteiger partial charge in [0, 0.05) is 32.6 Å². The lowest BCUT2D eigenvalue weighted by molar-refractivity contribution is -0.220. The average Bonchev–Trinajstić information content (AvgIpc) is 2.35. The quantitative estimate of drug-likeness (QED) is 0.818. The maximum atomic E-state index is 13.2. The summed E-state index contributed by atoms with van der Waals surface area (Å²) in [5.74, 6) is -1.94. The number of hydrogen-bond acceptors (Lipinski definition) is 3. The summed E-state index contributed by atoms with van der Waals surface area (Å²) in [6.07, 6.45) is 0.365. The Morgan fingerprint density at radius 3 is 2.50 bits per heavy atom. The first-order valence-electron chi connectivity index (χ1n) is 5.29. The van der Waals surface area contributed by atoms with Gasteiger partial charge >= 0.3 is 0 Å². The fraction of sp³-hybridized carbons (Fsp3) is 0.417. The Bertz CT molecular complexity index is 435. The molecule has 2 N–H and O–H groups in total. The van der Waals surface area contributed by atoms with Gasteiger partial charge in [-0.2, -0.15) is 0 Å². The van der Waals surface area contributed by atoms with E-state index in [1.165, 1.54) is 20.3 Å². The minimum absolute atomic E-state index is 0.108. The molecule has 100 valence electrons. The van der Waals surface area contributed by atoms with E-state index in [1.54, 1.807) is 12.1 Å². The van der Waals surface area contributed by atoms with Crippen molar-refractivity contribution in [3.05, 3.63) is 34.1 Å². The number of methoxy groups -OCH3 is 2. The van der Waals surface area contributed by atoms with Crippen LogP contribution in [0.25, 0.3) is 0 Å². The zero-order chi connectivity index (χ0) is 13.8. The Kier molecular flexibility index (Phi) is 5.25. The molecular weight excluding hydrogens is 305 g/mol. The van der Waals surface area contributed by atoms with Gasteiger partial charge in [0.05, 0.1) is 4.47 Å². The van der Waals surface area contributed by atoms with Crippen molar-refractivity contribution >= 4 is 21.8 Å². The normalized spacial score (nSPS) is 11.6. The minimum Gasteiger partial charge on any atom is -0.370 e. The molecule has 0 spiro atoms. The molecule has 0 fully saturated rings. The molecule has 0 aromatic heterocycles. The summed E-state index contributed by atoms with van der Waals surface area (Å²) >= 11 is 3.10. The molecule has 18 heavy (non-hydrogen) atoms. The summed E-state index contributed by atoms with van der Waals surface area (Å²) in [6.45, 7) is 0. The van der Waals surface area contributed by atoms with E-state index in [2.05, 4.69) is 15.9 Å². The van der Waals surface area contributed by atoms with Gasteiger partial charge in [0.15, 0.2) is 5.79 Å². The monoisotopic (exact) mass is 319 g/mol. The molecule has 0 aliphatic rings. The molecular formula is C12H15BrFNO3.